The van der Waals surface area contributed by atoms with Crippen molar-refractivity contribution in [3.05, 3.63) is 42.0 Å². The minimum Gasteiger partial charge on any atom is -0.493 e. The molecular formula is C22H27N3O6. The molecule has 2 aromatic rings. The average Bonchev–Trinajstić information content (AvgIpc) is 2.80. The zero-order valence-electron chi connectivity index (χ0n) is 17.9. The van der Waals surface area contributed by atoms with E-state index in [9.17, 15) is 9.59 Å². The van der Waals surface area contributed by atoms with Crippen LogP contribution in [0.4, 0.5) is 16.2 Å². The first-order valence-corrected chi connectivity index (χ1v) is 9.86. The first-order chi connectivity index (χ1) is 15.0. The summed E-state index contributed by atoms with van der Waals surface area (Å²) in [5.74, 6) is 1.39. The Morgan fingerprint density at radius 1 is 0.903 bits per heavy atom. The van der Waals surface area contributed by atoms with Crippen LogP contribution in [-0.4, -0.2) is 64.5 Å². The van der Waals surface area contributed by atoms with E-state index in [1.54, 1.807) is 29.2 Å². The Balaban J connectivity index is 1.59. The van der Waals surface area contributed by atoms with E-state index >= 15 is 0 Å². The summed E-state index contributed by atoms with van der Waals surface area (Å²) in [6.45, 7) is 2.41. The number of nitrogens with one attached hydrogen (secondary N) is 2. The molecule has 1 aliphatic heterocycles. The maximum Gasteiger partial charge on any atom is 0.323 e. The highest BCUT2D eigenvalue weighted by Crippen LogP contribution is 2.39. The summed E-state index contributed by atoms with van der Waals surface area (Å²) in [5.41, 5.74) is 1.97. The molecule has 31 heavy (non-hydrogen) atoms. The SMILES string of the molecule is COc1cc(NC(=O)Nc2ccc(CC(=O)N3CCOCC3)cc2)cc(OC)c1OC. The van der Waals surface area contributed by atoms with Gasteiger partial charge in [-0.2, -0.15) is 0 Å². The number of benzene rings is 2. The highest BCUT2D eigenvalue weighted by Gasteiger charge is 2.17. The second kappa shape index (κ2) is 10.5. The van der Waals surface area contributed by atoms with Crippen LogP contribution in [0.25, 0.3) is 0 Å². The molecule has 0 radical (unpaired) electrons. The van der Waals surface area contributed by atoms with Crippen LogP contribution in [0.15, 0.2) is 36.4 Å². The summed E-state index contributed by atoms with van der Waals surface area (Å²) < 4.78 is 21.1. The average molecular weight is 429 g/mol. The molecule has 0 bridgehead atoms. The van der Waals surface area contributed by atoms with Crippen LogP contribution >= 0.6 is 0 Å². The molecule has 0 atom stereocenters. The molecular weight excluding hydrogens is 402 g/mol. The number of rotatable bonds is 7. The smallest absolute Gasteiger partial charge is 0.323 e. The van der Waals surface area contributed by atoms with Crippen molar-refractivity contribution in [2.24, 2.45) is 0 Å². The molecule has 0 unspecified atom stereocenters. The van der Waals surface area contributed by atoms with Crippen LogP contribution < -0.4 is 24.8 Å². The van der Waals surface area contributed by atoms with E-state index in [4.69, 9.17) is 18.9 Å². The third kappa shape index (κ3) is 5.79. The van der Waals surface area contributed by atoms with Gasteiger partial charge in [0.25, 0.3) is 0 Å². The summed E-state index contributed by atoms with van der Waals surface area (Å²) in [7, 11) is 4.53. The molecule has 166 valence electrons. The van der Waals surface area contributed by atoms with Crippen LogP contribution in [0.1, 0.15) is 5.56 Å². The molecule has 9 nitrogen and oxygen atoms in total. The number of morpholine rings is 1. The van der Waals surface area contributed by atoms with Crippen molar-refractivity contribution in [1.29, 1.82) is 0 Å². The van der Waals surface area contributed by atoms with Crippen molar-refractivity contribution < 1.29 is 28.5 Å². The molecule has 0 spiro atoms. The Morgan fingerprint density at radius 3 is 2.03 bits per heavy atom. The third-order valence-electron chi connectivity index (χ3n) is 4.85. The largest absolute Gasteiger partial charge is 0.493 e. The van der Waals surface area contributed by atoms with E-state index in [-0.39, 0.29) is 5.91 Å². The molecule has 3 rings (SSSR count). The van der Waals surface area contributed by atoms with Gasteiger partial charge in [0.2, 0.25) is 11.7 Å². The standard InChI is InChI=1S/C22H27N3O6/c1-28-18-13-17(14-19(29-2)21(18)30-3)24-22(27)23-16-6-4-15(5-7-16)12-20(26)25-8-10-31-11-9-25/h4-7,13-14H,8-12H2,1-3H3,(H2,23,24,27). The van der Waals surface area contributed by atoms with Gasteiger partial charge in [0.15, 0.2) is 11.5 Å². The summed E-state index contributed by atoms with van der Waals surface area (Å²) in [4.78, 5) is 26.5. The fourth-order valence-electron chi connectivity index (χ4n) is 3.25. The number of carbonyl (C=O) groups is 2. The Morgan fingerprint density at radius 2 is 1.48 bits per heavy atom. The maximum atomic E-state index is 12.4. The van der Waals surface area contributed by atoms with E-state index in [1.165, 1.54) is 21.3 Å². The molecule has 2 aromatic carbocycles. The fourth-order valence-corrected chi connectivity index (χ4v) is 3.25. The van der Waals surface area contributed by atoms with Crippen molar-refractivity contribution in [3.8, 4) is 17.2 Å². The normalized spacial score (nSPS) is 13.3. The van der Waals surface area contributed by atoms with Gasteiger partial charge in [0.05, 0.1) is 46.7 Å². The number of nitrogens with zero attached hydrogens (tertiary/aromatic N) is 1. The van der Waals surface area contributed by atoms with E-state index in [0.29, 0.717) is 61.3 Å². The van der Waals surface area contributed by atoms with Gasteiger partial charge in [-0.25, -0.2) is 4.79 Å². The number of anilines is 2. The van der Waals surface area contributed by atoms with E-state index < -0.39 is 6.03 Å². The highest BCUT2D eigenvalue weighted by molar-refractivity contribution is 6.00. The van der Waals surface area contributed by atoms with Gasteiger partial charge in [-0.3, -0.25) is 4.79 Å². The summed E-state index contributed by atoms with van der Waals surface area (Å²) in [6, 6.07) is 10.0. The van der Waals surface area contributed by atoms with Crippen molar-refractivity contribution in [2.45, 2.75) is 6.42 Å². The Bertz CT molecular complexity index is 885. The fraction of sp³-hybridized carbons (Fsp3) is 0.364. The lowest BCUT2D eigenvalue weighted by molar-refractivity contribution is -0.134. The number of ether oxygens (including phenoxy) is 4. The molecule has 3 amide bonds. The number of hydrogen-bond donors (Lipinski definition) is 2. The molecule has 0 aromatic heterocycles. The monoisotopic (exact) mass is 429 g/mol. The number of amides is 3. The predicted octanol–water partition coefficient (Wildman–Crippen LogP) is 2.76. The number of carbonyl (C=O) groups excluding carboxylic acids is 2. The Hall–Kier alpha value is -3.46. The van der Waals surface area contributed by atoms with Crippen LogP contribution in [0.5, 0.6) is 17.2 Å². The lowest BCUT2D eigenvalue weighted by Crippen LogP contribution is -2.41. The van der Waals surface area contributed by atoms with E-state index in [1.807, 2.05) is 12.1 Å². The molecule has 1 fully saturated rings. The molecule has 0 saturated carbocycles. The first-order valence-electron chi connectivity index (χ1n) is 9.86. The summed E-state index contributed by atoms with van der Waals surface area (Å²) in [6.07, 6.45) is 0.317. The number of hydrogen-bond acceptors (Lipinski definition) is 6. The summed E-state index contributed by atoms with van der Waals surface area (Å²) in [5, 5.41) is 5.51. The third-order valence-corrected chi connectivity index (χ3v) is 4.85. The second-order valence-corrected chi connectivity index (χ2v) is 6.86. The van der Waals surface area contributed by atoms with Crippen LogP contribution in [0, 0.1) is 0 Å². The molecule has 0 aliphatic carbocycles. The minimum absolute atomic E-state index is 0.0733. The van der Waals surface area contributed by atoms with Crippen molar-refractivity contribution in [3.63, 3.8) is 0 Å². The lowest BCUT2D eigenvalue weighted by Gasteiger charge is -2.26. The van der Waals surface area contributed by atoms with Gasteiger partial charge in [-0.1, -0.05) is 12.1 Å². The van der Waals surface area contributed by atoms with Crippen molar-refractivity contribution in [2.75, 3.05) is 58.3 Å². The van der Waals surface area contributed by atoms with Crippen LogP contribution in [0.2, 0.25) is 0 Å². The van der Waals surface area contributed by atoms with Gasteiger partial charge in [-0.05, 0) is 17.7 Å². The second-order valence-electron chi connectivity index (χ2n) is 6.86. The topological polar surface area (TPSA) is 98.4 Å². The van der Waals surface area contributed by atoms with Gasteiger partial charge in [0, 0.05) is 30.9 Å². The van der Waals surface area contributed by atoms with Crippen molar-refractivity contribution in [1.82, 2.24) is 4.90 Å². The lowest BCUT2D eigenvalue weighted by atomic mass is 10.1. The van der Waals surface area contributed by atoms with E-state index in [2.05, 4.69) is 10.6 Å². The molecule has 1 saturated heterocycles. The maximum absolute atomic E-state index is 12.4. The molecule has 2 N–H and O–H groups in total. The van der Waals surface area contributed by atoms with Crippen LogP contribution in [-0.2, 0) is 16.0 Å². The molecule has 1 heterocycles. The number of urea groups is 1. The first kappa shape index (κ1) is 22.2. The highest BCUT2D eigenvalue weighted by atomic mass is 16.5. The van der Waals surface area contributed by atoms with Crippen molar-refractivity contribution >= 4 is 23.3 Å². The van der Waals surface area contributed by atoms with Gasteiger partial charge < -0.3 is 34.5 Å². The Labute approximate surface area is 181 Å². The number of methoxy groups -OCH3 is 3. The zero-order valence-corrected chi connectivity index (χ0v) is 17.9. The van der Waals surface area contributed by atoms with Gasteiger partial charge in [-0.15, -0.1) is 0 Å². The van der Waals surface area contributed by atoms with Gasteiger partial charge in [0.1, 0.15) is 0 Å². The quantitative estimate of drug-likeness (QED) is 0.702. The predicted molar refractivity (Wildman–Crippen MR) is 116 cm³/mol. The zero-order chi connectivity index (χ0) is 22.2. The minimum atomic E-state index is -0.425. The summed E-state index contributed by atoms with van der Waals surface area (Å²) >= 11 is 0. The molecule has 9 heteroatoms. The molecule has 1 aliphatic rings. The van der Waals surface area contributed by atoms with E-state index in [0.717, 1.165) is 5.56 Å². The Kier molecular flexibility index (Phi) is 7.55. The van der Waals surface area contributed by atoms with Crippen LogP contribution in [0.3, 0.4) is 0 Å². The van der Waals surface area contributed by atoms with Gasteiger partial charge >= 0.3 is 6.03 Å².